The van der Waals surface area contributed by atoms with Gasteiger partial charge in [-0.1, -0.05) is 48.0 Å². The maximum atomic E-state index is 4.72. The maximum absolute atomic E-state index is 4.72. The number of hydrogen-bond acceptors (Lipinski definition) is 4. The van der Waals surface area contributed by atoms with E-state index in [0.29, 0.717) is 0 Å². The van der Waals surface area contributed by atoms with E-state index in [9.17, 15) is 0 Å². The first-order valence-electron chi connectivity index (χ1n) is 8.63. The third kappa shape index (κ3) is 4.35. The van der Waals surface area contributed by atoms with Gasteiger partial charge in [-0.05, 0) is 38.5 Å². The molecule has 3 rings (SSSR count). The zero-order valence-corrected chi connectivity index (χ0v) is 15.0. The van der Waals surface area contributed by atoms with Crippen molar-refractivity contribution in [1.82, 2.24) is 9.97 Å². The van der Waals surface area contributed by atoms with E-state index in [1.165, 1.54) is 11.1 Å². The summed E-state index contributed by atoms with van der Waals surface area (Å²) in [5.74, 6) is 1.57. The van der Waals surface area contributed by atoms with Crippen LogP contribution >= 0.6 is 0 Å². The van der Waals surface area contributed by atoms with Crippen molar-refractivity contribution in [3.05, 3.63) is 77.5 Å². The molecule has 4 nitrogen and oxygen atoms in total. The summed E-state index contributed by atoms with van der Waals surface area (Å²) >= 11 is 0. The van der Waals surface area contributed by atoms with Crippen molar-refractivity contribution in [2.75, 3.05) is 16.8 Å². The molecule has 2 aromatic carbocycles. The molecule has 0 spiro atoms. The third-order valence-electron chi connectivity index (χ3n) is 4.06. The Balaban J connectivity index is 1.81. The molecule has 0 aliphatic rings. The van der Waals surface area contributed by atoms with Crippen LogP contribution in [0.4, 0.5) is 17.5 Å². The lowest BCUT2D eigenvalue weighted by Crippen LogP contribution is -2.19. The standard InChI is InChI=1S/C21H24N4/c1-4-25(19-8-6-5-7-9-19)21-23-17(3)14-20(24-21)22-15-18-12-10-16(2)11-13-18/h5-14H,4,15H2,1-3H3,(H,22,23,24). The molecule has 0 aliphatic carbocycles. The molecule has 128 valence electrons. The van der Waals surface area contributed by atoms with Crippen molar-refractivity contribution >= 4 is 17.5 Å². The molecular weight excluding hydrogens is 308 g/mol. The van der Waals surface area contributed by atoms with Gasteiger partial charge in [-0.25, -0.2) is 4.98 Å². The number of nitrogens with zero attached hydrogens (tertiary/aromatic N) is 3. The van der Waals surface area contributed by atoms with Crippen LogP contribution in [-0.2, 0) is 6.54 Å². The SMILES string of the molecule is CCN(c1ccccc1)c1nc(C)cc(NCc2ccc(C)cc2)n1. The summed E-state index contributed by atoms with van der Waals surface area (Å²) in [6, 6.07) is 20.8. The fourth-order valence-corrected chi connectivity index (χ4v) is 2.71. The number of para-hydroxylation sites is 1. The number of benzene rings is 2. The van der Waals surface area contributed by atoms with Gasteiger partial charge in [-0.2, -0.15) is 4.98 Å². The lowest BCUT2D eigenvalue weighted by atomic mass is 10.1. The third-order valence-corrected chi connectivity index (χ3v) is 4.06. The van der Waals surface area contributed by atoms with E-state index in [1.54, 1.807) is 0 Å². The Morgan fingerprint density at radius 2 is 1.64 bits per heavy atom. The van der Waals surface area contributed by atoms with E-state index >= 15 is 0 Å². The summed E-state index contributed by atoms with van der Waals surface area (Å²) in [4.78, 5) is 11.5. The monoisotopic (exact) mass is 332 g/mol. The summed E-state index contributed by atoms with van der Waals surface area (Å²) in [5, 5.41) is 3.41. The van der Waals surface area contributed by atoms with Gasteiger partial charge in [-0.15, -0.1) is 0 Å². The predicted molar refractivity (Wildman–Crippen MR) is 104 cm³/mol. The van der Waals surface area contributed by atoms with Crippen LogP contribution in [0.25, 0.3) is 0 Å². The molecular formula is C21H24N4. The minimum absolute atomic E-state index is 0.722. The highest BCUT2D eigenvalue weighted by atomic mass is 15.3. The molecule has 0 saturated heterocycles. The molecule has 0 aliphatic heterocycles. The van der Waals surface area contributed by atoms with Crippen molar-refractivity contribution in [3.8, 4) is 0 Å². The average molecular weight is 332 g/mol. The summed E-state index contributed by atoms with van der Waals surface area (Å²) < 4.78 is 0. The Morgan fingerprint density at radius 3 is 2.32 bits per heavy atom. The molecule has 3 aromatic rings. The van der Waals surface area contributed by atoms with Crippen molar-refractivity contribution in [1.29, 1.82) is 0 Å². The molecule has 1 heterocycles. The number of rotatable bonds is 6. The Labute approximate surface area is 149 Å². The summed E-state index contributed by atoms with van der Waals surface area (Å²) in [7, 11) is 0. The van der Waals surface area contributed by atoms with Crippen LogP contribution in [0.3, 0.4) is 0 Å². The Kier molecular flexibility index (Phi) is 5.29. The van der Waals surface area contributed by atoms with E-state index in [-0.39, 0.29) is 0 Å². The minimum atomic E-state index is 0.722. The van der Waals surface area contributed by atoms with Crippen LogP contribution in [0.5, 0.6) is 0 Å². The Hall–Kier alpha value is -2.88. The normalized spacial score (nSPS) is 10.5. The number of hydrogen-bond donors (Lipinski definition) is 1. The van der Waals surface area contributed by atoms with Crippen LogP contribution in [0.2, 0.25) is 0 Å². The topological polar surface area (TPSA) is 41.1 Å². The lowest BCUT2D eigenvalue weighted by Gasteiger charge is -2.22. The molecule has 0 bridgehead atoms. The summed E-state index contributed by atoms with van der Waals surface area (Å²) in [6.45, 7) is 7.76. The van der Waals surface area contributed by atoms with E-state index in [4.69, 9.17) is 4.98 Å². The molecule has 0 unspecified atom stereocenters. The number of anilines is 3. The van der Waals surface area contributed by atoms with Crippen molar-refractivity contribution in [3.63, 3.8) is 0 Å². The number of nitrogens with one attached hydrogen (secondary N) is 1. The molecule has 1 aromatic heterocycles. The van der Waals surface area contributed by atoms with Gasteiger partial charge in [0.25, 0.3) is 0 Å². The Morgan fingerprint density at radius 1 is 0.920 bits per heavy atom. The highest BCUT2D eigenvalue weighted by molar-refractivity contribution is 5.58. The fourth-order valence-electron chi connectivity index (χ4n) is 2.71. The van der Waals surface area contributed by atoms with Crippen molar-refractivity contribution < 1.29 is 0 Å². The van der Waals surface area contributed by atoms with Crippen LogP contribution in [0, 0.1) is 13.8 Å². The second kappa shape index (κ2) is 7.79. The van der Waals surface area contributed by atoms with E-state index < -0.39 is 0 Å². The number of aromatic nitrogens is 2. The van der Waals surface area contributed by atoms with Gasteiger partial charge in [0.15, 0.2) is 0 Å². The van der Waals surface area contributed by atoms with Gasteiger partial charge < -0.3 is 10.2 Å². The highest BCUT2D eigenvalue weighted by Crippen LogP contribution is 2.23. The first kappa shape index (κ1) is 17.0. The second-order valence-corrected chi connectivity index (χ2v) is 6.11. The van der Waals surface area contributed by atoms with Gasteiger partial charge in [0.2, 0.25) is 5.95 Å². The smallest absolute Gasteiger partial charge is 0.232 e. The minimum Gasteiger partial charge on any atom is -0.366 e. The fraction of sp³-hybridized carbons (Fsp3) is 0.238. The van der Waals surface area contributed by atoms with Gasteiger partial charge in [0, 0.05) is 30.5 Å². The molecule has 0 saturated carbocycles. The first-order valence-corrected chi connectivity index (χ1v) is 8.63. The van der Waals surface area contributed by atoms with Gasteiger partial charge >= 0.3 is 0 Å². The second-order valence-electron chi connectivity index (χ2n) is 6.11. The first-order chi connectivity index (χ1) is 12.2. The number of aryl methyl sites for hydroxylation is 2. The quantitative estimate of drug-likeness (QED) is 0.699. The largest absolute Gasteiger partial charge is 0.366 e. The molecule has 0 atom stereocenters. The molecule has 0 fully saturated rings. The van der Waals surface area contributed by atoms with E-state index in [2.05, 4.69) is 65.4 Å². The average Bonchev–Trinajstić information content (AvgIpc) is 2.62. The zero-order valence-electron chi connectivity index (χ0n) is 15.0. The molecule has 1 N–H and O–H groups in total. The molecule has 0 radical (unpaired) electrons. The van der Waals surface area contributed by atoms with Gasteiger partial charge in [0.1, 0.15) is 5.82 Å². The lowest BCUT2D eigenvalue weighted by molar-refractivity contribution is 0.930. The van der Waals surface area contributed by atoms with Crippen molar-refractivity contribution in [2.24, 2.45) is 0 Å². The molecule has 0 amide bonds. The van der Waals surface area contributed by atoms with Gasteiger partial charge in [0.05, 0.1) is 0 Å². The zero-order chi connectivity index (χ0) is 17.6. The van der Waals surface area contributed by atoms with E-state index in [0.717, 1.165) is 36.2 Å². The van der Waals surface area contributed by atoms with Crippen LogP contribution in [-0.4, -0.2) is 16.5 Å². The van der Waals surface area contributed by atoms with Crippen LogP contribution in [0.1, 0.15) is 23.7 Å². The van der Waals surface area contributed by atoms with E-state index in [1.807, 2.05) is 31.2 Å². The highest BCUT2D eigenvalue weighted by Gasteiger charge is 2.11. The van der Waals surface area contributed by atoms with Crippen LogP contribution < -0.4 is 10.2 Å². The maximum Gasteiger partial charge on any atom is 0.232 e. The summed E-state index contributed by atoms with van der Waals surface area (Å²) in [5.41, 5.74) is 4.55. The predicted octanol–water partition coefficient (Wildman–Crippen LogP) is 4.86. The van der Waals surface area contributed by atoms with Gasteiger partial charge in [-0.3, -0.25) is 0 Å². The van der Waals surface area contributed by atoms with Crippen LogP contribution in [0.15, 0.2) is 60.7 Å². The van der Waals surface area contributed by atoms with Crippen molar-refractivity contribution in [2.45, 2.75) is 27.3 Å². The summed E-state index contributed by atoms with van der Waals surface area (Å²) in [6.07, 6.45) is 0. The molecule has 4 heteroatoms. The molecule has 25 heavy (non-hydrogen) atoms. The Bertz CT molecular complexity index is 813.